The molecule has 152 valence electrons. The van der Waals surface area contributed by atoms with E-state index in [1.807, 2.05) is 24.4 Å². The summed E-state index contributed by atoms with van der Waals surface area (Å²) in [6.07, 6.45) is 7.36. The summed E-state index contributed by atoms with van der Waals surface area (Å²) in [5.41, 5.74) is 0.727. The van der Waals surface area contributed by atoms with Gasteiger partial charge < -0.3 is 9.30 Å². The Balaban J connectivity index is 1.50. The van der Waals surface area contributed by atoms with Crippen LogP contribution in [0.5, 0.6) is 0 Å². The minimum atomic E-state index is -1.02. The number of fused-ring (bicyclic) bond motifs is 1. The molecule has 1 atom stereocenters. The van der Waals surface area contributed by atoms with Gasteiger partial charge in [-0.15, -0.1) is 0 Å². The fourth-order valence-corrected chi connectivity index (χ4v) is 4.99. The molecule has 1 saturated heterocycles. The Hall–Kier alpha value is -1.39. The van der Waals surface area contributed by atoms with Crippen molar-refractivity contribution in [1.29, 1.82) is 0 Å². The summed E-state index contributed by atoms with van der Waals surface area (Å²) in [6.45, 7) is 4.14. The summed E-state index contributed by atoms with van der Waals surface area (Å²) in [5.74, 6) is 1.08. The minimum absolute atomic E-state index is 0.146. The van der Waals surface area contributed by atoms with Crippen molar-refractivity contribution in [3.8, 4) is 0 Å². The molecule has 2 fully saturated rings. The number of alkyl halides is 1. The lowest BCUT2D eigenvalue weighted by atomic mass is 9.79. The molecule has 3 nitrogen and oxygen atoms in total. The van der Waals surface area contributed by atoms with Crippen LogP contribution in [-0.4, -0.2) is 29.2 Å². The predicted molar refractivity (Wildman–Crippen MR) is 111 cm³/mol. The molecule has 0 spiro atoms. The van der Waals surface area contributed by atoms with Crippen LogP contribution in [0.1, 0.15) is 62.2 Å². The predicted octanol–water partition coefficient (Wildman–Crippen LogP) is 6.21. The molecule has 2 aromatic rings. The van der Waals surface area contributed by atoms with Crippen molar-refractivity contribution in [2.24, 2.45) is 11.8 Å². The van der Waals surface area contributed by atoms with Crippen LogP contribution in [0.4, 0.5) is 4.39 Å². The third kappa shape index (κ3) is 4.28. The number of Topliss-reactive ketones (excluding diaryl/α,β-unsaturated/α-hetero) is 1. The summed E-state index contributed by atoms with van der Waals surface area (Å²) < 4.78 is 21.7. The highest BCUT2D eigenvalue weighted by atomic mass is 35.5. The van der Waals surface area contributed by atoms with E-state index in [2.05, 4.69) is 4.57 Å². The van der Waals surface area contributed by atoms with Crippen molar-refractivity contribution in [3.63, 3.8) is 0 Å². The van der Waals surface area contributed by atoms with Gasteiger partial charge in [-0.1, -0.05) is 17.7 Å². The number of nitrogens with zero attached hydrogens (tertiary/aromatic N) is 1. The van der Waals surface area contributed by atoms with Crippen LogP contribution in [0.3, 0.4) is 0 Å². The second kappa shape index (κ2) is 8.16. The minimum Gasteiger partial charge on any atom is -0.381 e. The van der Waals surface area contributed by atoms with Gasteiger partial charge in [0.05, 0.1) is 17.1 Å². The van der Waals surface area contributed by atoms with E-state index in [1.54, 1.807) is 6.92 Å². The molecule has 4 rings (SSSR count). The van der Waals surface area contributed by atoms with Gasteiger partial charge in [0.15, 0.2) is 5.78 Å². The van der Waals surface area contributed by atoms with Gasteiger partial charge in [0.1, 0.15) is 5.67 Å². The molecule has 2 heterocycles. The van der Waals surface area contributed by atoms with E-state index < -0.39 is 5.67 Å². The highest BCUT2D eigenvalue weighted by molar-refractivity contribution is 6.37. The summed E-state index contributed by atoms with van der Waals surface area (Å²) in [7, 11) is 0. The molecule has 1 aromatic heterocycles. The van der Waals surface area contributed by atoms with Crippen LogP contribution in [-0.2, 0) is 11.3 Å². The number of carbonyl (C=O) groups excluding carboxylic acids is 1. The second-order valence-electron chi connectivity index (χ2n) is 8.88. The molecule has 1 unspecified atom stereocenters. The quantitative estimate of drug-likeness (QED) is 0.535. The SMILES string of the molecule is CC1(F)CCC(CCC(=O)c2cn(CC3CCOC3)c3cccc(Cl)c23)CC1. The summed E-state index contributed by atoms with van der Waals surface area (Å²) in [6, 6.07) is 5.83. The van der Waals surface area contributed by atoms with E-state index in [0.717, 1.165) is 61.9 Å². The molecule has 1 aliphatic carbocycles. The maximum absolute atomic E-state index is 14.0. The van der Waals surface area contributed by atoms with Gasteiger partial charge in [0.25, 0.3) is 0 Å². The van der Waals surface area contributed by atoms with Crippen LogP contribution >= 0.6 is 11.6 Å². The molecule has 0 radical (unpaired) electrons. The Morgan fingerprint density at radius 2 is 2.07 bits per heavy atom. The number of ether oxygens (including phenoxy) is 1. The standard InChI is InChI=1S/C23H29ClFNO2/c1-23(25)10-7-16(8-11-23)5-6-21(27)18-14-26(13-17-9-12-28-15-17)20-4-2-3-19(24)22(18)20/h2-4,14,16-17H,5-13,15H2,1H3. The Bertz CT molecular complexity index is 844. The van der Waals surface area contributed by atoms with E-state index in [0.29, 0.717) is 36.1 Å². The molecular formula is C23H29ClFNO2. The van der Waals surface area contributed by atoms with E-state index in [1.165, 1.54) is 0 Å². The molecule has 0 N–H and O–H groups in total. The number of hydrogen-bond donors (Lipinski definition) is 0. The molecule has 1 saturated carbocycles. The van der Waals surface area contributed by atoms with E-state index in [-0.39, 0.29) is 5.78 Å². The number of carbonyl (C=O) groups is 1. The Morgan fingerprint density at radius 1 is 1.29 bits per heavy atom. The zero-order chi connectivity index (χ0) is 19.7. The monoisotopic (exact) mass is 405 g/mol. The van der Waals surface area contributed by atoms with Gasteiger partial charge in [-0.3, -0.25) is 4.79 Å². The van der Waals surface area contributed by atoms with Gasteiger partial charge in [-0.05, 0) is 63.5 Å². The summed E-state index contributed by atoms with van der Waals surface area (Å²) in [4.78, 5) is 13.1. The molecule has 0 amide bonds. The Kier molecular flexibility index (Phi) is 5.80. The van der Waals surface area contributed by atoms with Gasteiger partial charge in [-0.25, -0.2) is 4.39 Å². The lowest BCUT2D eigenvalue weighted by molar-refractivity contribution is 0.0906. The normalized spacial score (nSPS) is 28.1. The fraction of sp³-hybridized carbons (Fsp3) is 0.609. The van der Waals surface area contributed by atoms with E-state index in [9.17, 15) is 9.18 Å². The number of ketones is 1. The number of halogens is 2. The van der Waals surface area contributed by atoms with Crippen LogP contribution in [0, 0.1) is 11.8 Å². The number of rotatable bonds is 6. The number of benzene rings is 1. The average molecular weight is 406 g/mol. The van der Waals surface area contributed by atoms with Crippen LogP contribution in [0.25, 0.3) is 10.9 Å². The zero-order valence-corrected chi connectivity index (χ0v) is 17.3. The van der Waals surface area contributed by atoms with Crippen molar-refractivity contribution in [3.05, 3.63) is 35.0 Å². The first-order valence-corrected chi connectivity index (χ1v) is 10.9. The maximum Gasteiger partial charge on any atom is 0.165 e. The Morgan fingerprint density at radius 3 is 2.79 bits per heavy atom. The average Bonchev–Trinajstić information content (AvgIpc) is 3.30. The zero-order valence-electron chi connectivity index (χ0n) is 16.6. The van der Waals surface area contributed by atoms with Crippen molar-refractivity contribution in [2.75, 3.05) is 13.2 Å². The Labute approximate surface area is 171 Å². The first-order chi connectivity index (χ1) is 13.4. The summed E-state index contributed by atoms with van der Waals surface area (Å²) >= 11 is 6.48. The maximum atomic E-state index is 14.0. The first kappa shape index (κ1) is 19.9. The van der Waals surface area contributed by atoms with E-state index >= 15 is 0 Å². The number of hydrogen-bond acceptors (Lipinski definition) is 2. The highest BCUT2D eigenvalue weighted by Crippen LogP contribution is 2.37. The van der Waals surface area contributed by atoms with Crippen molar-refractivity contribution < 1.29 is 13.9 Å². The first-order valence-electron chi connectivity index (χ1n) is 10.5. The van der Waals surface area contributed by atoms with Crippen molar-refractivity contribution >= 4 is 28.3 Å². The number of aromatic nitrogens is 1. The highest BCUT2D eigenvalue weighted by Gasteiger charge is 2.31. The van der Waals surface area contributed by atoms with Crippen LogP contribution in [0.15, 0.2) is 24.4 Å². The third-order valence-corrected chi connectivity index (χ3v) is 6.88. The topological polar surface area (TPSA) is 31.2 Å². The van der Waals surface area contributed by atoms with E-state index in [4.69, 9.17) is 16.3 Å². The molecule has 1 aliphatic heterocycles. The van der Waals surface area contributed by atoms with Gasteiger partial charge >= 0.3 is 0 Å². The van der Waals surface area contributed by atoms with Crippen LogP contribution in [0.2, 0.25) is 5.02 Å². The van der Waals surface area contributed by atoms with Gasteiger partial charge in [0, 0.05) is 42.6 Å². The van der Waals surface area contributed by atoms with Crippen molar-refractivity contribution in [2.45, 2.75) is 64.1 Å². The lowest BCUT2D eigenvalue weighted by Crippen LogP contribution is -2.26. The molecule has 28 heavy (non-hydrogen) atoms. The van der Waals surface area contributed by atoms with Crippen molar-refractivity contribution in [1.82, 2.24) is 4.57 Å². The largest absolute Gasteiger partial charge is 0.381 e. The molecular weight excluding hydrogens is 377 g/mol. The van der Waals surface area contributed by atoms with Gasteiger partial charge in [-0.2, -0.15) is 0 Å². The summed E-state index contributed by atoms with van der Waals surface area (Å²) in [5, 5.41) is 1.50. The molecule has 5 heteroatoms. The molecule has 1 aromatic carbocycles. The lowest BCUT2D eigenvalue weighted by Gasteiger charge is -2.30. The smallest absolute Gasteiger partial charge is 0.165 e. The van der Waals surface area contributed by atoms with Gasteiger partial charge in [0.2, 0.25) is 0 Å². The van der Waals surface area contributed by atoms with Crippen LogP contribution < -0.4 is 0 Å². The third-order valence-electron chi connectivity index (χ3n) is 6.56. The second-order valence-corrected chi connectivity index (χ2v) is 9.28. The molecule has 0 bridgehead atoms. The fourth-order valence-electron chi connectivity index (χ4n) is 4.71. The molecule has 2 aliphatic rings.